The first-order valence-electron chi connectivity index (χ1n) is 6.34. The van der Waals surface area contributed by atoms with Gasteiger partial charge in [-0.25, -0.2) is 0 Å². The van der Waals surface area contributed by atoms with Crippen LogP contribution in [0.1, 0.15) is 22.3 Å². The lowest BCUT2D eigenvalue weighted by molar-refractivity contribution is 0.103. The van der Waals surface area contributed by atoms with Gasteiger partial charge in [-0.1, -0.05) is 46.3 Å². The topological polar surface area (TPSA) is 46.5 Å². The maximum absolute atomic E-state index is 12.2. The van der Waals surface area contributed by atoms with Crippen LogP contribution in [0.25, 0.3) is 0 Å². The standard InChI is InChI=1S/C16H15BrO3/c17-9-4-10-20-13-7-8-14(15(18)11-13)16(19)12-5-2-1-3-6-12/h1-3,5-8,11,18H,4,9-10H2. The molecule has 4 heteroatoms. The van der Waals surface area contributed by atoms with Gasteiger partial charge in [-0.05, 0) is 18.6 Å². The molecule has 1 N–H and O–H groups in total. The number of hydrogen-bond acceptors (Lipinski definition) is 3. The Kier molecular flexibility index (Phi) is 5.18. The van der Waals surface area contributed by atoms with Gasteiger partial charge in [0.1, 0.15) is 11.5 Å². The highest BCUT2D eigenvalue weighted by atomic mass is 79.9. The summed E-state index contributed by atoms with van der Waals surface area (Å²) in [7, 11) is 0. The number of hydrogen-bond donors (Lipinski definition) is 1. The van der Waals surface area contributed by atoms with Gasteiger partial charge in [0.05, 0.1) is 12.2 Å². The zero-order valence-corrected chi connectivity index (χ0v) is 12.5. The molecule has 0 saturated carbocycles. The lowest BCUT2D eigenvalue weighted by atomic mass is 10.0. The van der Waals surface area contributed by atoms with E-state index in [0.717, 1.165) is 11.8 Å². The van der Waals surface area contributed by atoms with Crippen molar-refractivity contribution in [3.8, 4) is 11.5 Å². The summed E-state index contributed by atoms with van der Waals surface area (Å²) in [5.74, 6) is 0.304. The summed E-state index contributed by atoms with van der Waals surface area (Å²) in [4.78, 5) is 12.2. The predicted octanol–water partition coefficient (Wildman–Crippen LogP) is 3.79. The van der Waals surface area contributed by atoms with Crippen LogP contribution in [0.15, 0.2) is 48.5 Å². The van der Waals surface area contributed by atoms with Crippen LogP contribution in [0.4, 0.5) is 0 Å². The van der Waals surface area contributed by atoms with E-state index >= 15 is 0 Å². The molecule has 20 heavy (non-hydrogen) atoms. The van der Waals surface area contributed by atoms with Gasteiger partial charge in [0.15, 0.2) is 5.78 Å². The van der Waals surface area contributed by atoms with Crippen LogP contribution in [-0.4, -0.2) is 22.8 Å². The summed E-state index contributed by atoms with van der Waals surface area (Å²) in [5.41, 5.74) is 0.833. The van der Waals surface area contributed by atoms with E-state index in [9.17, 15) is 9.90 Å². The number of halogens is 1. The number of aromatic hydroxyl groups is 1. The van der Waals surface area contributed by atoms with E-state index in [1.54, 1.807) is 36.4 Å². The van der Waals surface area contributed by atoms with E-state index in [1.165, 1.54) is 6.07 Å². The van der Waals surface area contributed by atoms with E-state index in [0.29, 0.717) is 17.9 Å². The Morgan fingerprint density at radius 3 is 2.55 bits per heavy atom. The number of ether oxygens (including phenoxy) is 1. The number of rotatable bonds is 6. The minimum Gasteiger partial charge on any atom is -0.507 e. The summed E-state index contributed by atoms with van der Waals surface area (Å²) in [6.45, 7) is 0.566. The normalized spacial score (nSPS) is 10.2. The van der Waals surface area contributed by atoms with Crippen LogP contribution < -0.4 is 4.74 Å². The Labute approximate surface area is 126 Å². The fourth-order valence-corrected chi connectivity index (χ4v) is 2.01. The van der Waals surface area contributed by atoms with Crippen molar-refractivity contribution in [2.45, 2.75) is 6.42 Å². The van der Waals surface area contributed by atoms with Gasteiger partial charge in [-0.3, -0.25) is 4.79 Å². The van der Waals surface area contributed by atoms with Crippen LogP contribution in [0.5, 0.6) is 11.5 Å². The SMILES string of the molecule is O=C(c1ccccc1)c1ccc(OCCCBr)cc1O. The second-order valence-corrected chi connectivity index (χ2v) is 5.06. The second-order valence-electron chi connectivity index (χ2n) is 4.27. The predicted molar refractivity (Wildman–Crippen MR) is 81.9 cm³/mol. The molecule has 2 aromatic carbocycles. The Morgan fingerprint density at radius 2 is 1.90 bits per heavy atom. The average Bonchev–Trinajstić information content (AvgIpc) is 2.48. The van der Waals surface area contributed by atoms with Crippen molar-refractivity contribution >= 4 is 21.7 Å². The minimum atomic E-state index is -0.199. The van der Waals surface area contributed by atoms with Gasteiger partial charge >= 0.3 is 0 Å². The Hall–Kier alpha value is -1.81. The van der Waals surface area contributed by atoms with E-state index < -0.39 is 0 Å². The molecule has 2 aromatic rings. The van der Waals surface area contributed by atoms with Crippen LogP contribution in [0, 0.1) is 0 Å². The third kappa shape index (κ3) is 3.61. The van der Waals surface area contributed by atoms with E-state index in [1.807, 2.05) is 6.07 Å². The molecule has 0 radical (unpaired) electrons. The highest BCUT2D eigenvalue weighted by molar-refractivity contribution is 9.09. The van der Waals surface area contributed by atoms with Crippen LogP contribution >= 0.6 is 15.9 Å². The van der Waals surface area contributed by atoms with Crippen molar-refractivity contribution in [3.05, 3.63) is 59.7 Å². The van der Waals surface area contributed by atoms with Crippen molar-refractivity contribution in [2.75, 3.05) is 11.9 Å². The quantitative estimate of drug-likeness (QED) is 0.496. The lowest BCUT2D eigenvalue weighted by Gasteiger charge is -2.08. The van der Waals surface area contributed by atoms with Crippen LogP contribution in [0.2, 0.25) is 0 Å². The maximum atomic E-state index is 12.2. The van der Waals surface area contributed by atoms with Crippen LogP contribution in [-0.2, 0) is 0 Å². The smallest absolute Gasteiger partial charge is 0.196 e. The van der Waals surface area contributed by atoms with Crippen molar-refractivity contribution < 1.29 is 14.6 Å². The number of carbonyl (C=O) groups excluding carboxylic acids is 1. The molecule has 0 unspecified atom stereocenters. The first-order valence-corrected chi connectivity index (χ1v) is 7.46. The fraction of sp³-hybridized carbons (Fsp3) is 0.188. The first-order chi connectivity index (χ1) is 9.72. The zero-order chi connectivity index (χ0) is 14.4. The highest BCUT2D eigenvalue weighted by Crippen LogP contribution is 2.26. The summed E-state index contributed by atoms with van der Waals surface area (Å²) in [6.07, 6.45) is 0.880. The van der Waals surface area contributed by atoms with Gasteiger partial charge in [0, 0.05) is 17.0 Å². The summed E-state index contributed by atoms with van der Waals surface area (Å²) in [5, 5.41) is 10.8. The number of phenolic OH excluding ortho intramolecular Hbond substituents is 1. The molecule has 0 aliphatic heterocycles. The molecule has 2 rings (SSSR count). The largest absolute Gasteiger partial charge is 0.507 e. The molecule has 0 aromatic heterocycles. The molecular formula is C16H15BrO3. The molecule has 0 spiro atoms. The first kappa shape index (κ1) is 14.6. The molecule has 0 saturated heterocycles. The number of carbonyl (C=O) groups is 1. The maximum Gasteiger partial charge on any atom is 0.196 e. The molecule has 0 aliphatic carbocycles. The van der Waals surface area contributed by atoms with Crippen molar-refractivity contribution in [2.24, 2.45) is 0 Å². The number of ketones is 1. The Bertz CT molecular complexity index is 582. The van der Waals surface area contributed by atoms with E-state index in [-0.39, 0.29) is 17.1 Å². The lowest BCUT2D eigenvalue weighted by Crippen LogP contribution is -2.02. The van der Waals surface area contributed by atoms with Gasteiger partial charge in [-0.2, -0.15) is 0 Å². The van der Waals surface area contributed by atoms with Crippen molar-refractivity contribution in [1.29, 1.82) is 0 Å². The summed E-state index contributed by atoms with van der Waals surface area (Å²) in [6, 6.07) is 13.6. The third-order valence-corrected chi connectivity index (χ3v) is 3.36. The number of alkyl halides is 1. The van der Waals surface area contributed by atoms with Crippen molar-refractivity contribution in [3.63, 3.8) is 0 Å². The Balaban J connectivity index is 2.15. The molecular weight excluding hydrogens is 320 g/mol. The van der Waals surface area contributed by atoms with Crippen molar-refractivity contribution in [1.82, 2.24) is 0 Å². The average molecular weight is 335 g/mol. The number of phenols is 1. The van der Waals surface area contributed by atoms with E-state index in [4.69, 9.17) is 4.74 Å². The molecule has 0 bridgehead atoms. The zero-order valence-electron chi connectivity index (χ0n) is 10.9. The summed E-state index contributed by atoms with van der Waals surface area (Å²) < 4.78 is 5.47. The molecule has 0 heterocycles. The molecule has 0 fully saturated rings. The summed E-state index contributed by atoms with van der Waals surface area (Å²) >= 11 is 3.32. The van der Waals surface area contributed by atoms with Gasteiger partial charge in [0.25, 0.3) is 0 Å². The Morgan fingerprint density at radius 1 is 1.15 bits per heavy atom. The van der Waals surface area contributed by atoms with Gasteiger partial charge in [0.2, 0.25) is 0 Å². The minimum absolute atomic E-state index is 0.0600. The molecule has 3 nitrogen and oxygen atoms in total. The second kappa shape index (κ2) is 7.10. The molecule has 0 aliphatic rings. The number of benzene rings is 2. The van der Waals surface area contributed by atoms with Gasteiger partial charge < -0.3 is 9.84 Å². The van der Waals surface area contributed by atoms with E-state index in [2.05, 4.69) is 15.9 Å². The molecule has 0 amide bonds. The van der Waals surface area contributed by atoms with Gasteiger partial charge in [-0.15, -0.1) is 0 Å². The third-order valence-electron chi connectivity index (χ3n) is 2.80. The fourth-order valence-electron chi connectivity index (χ4n) is 1.78. The highest BCUT2D eigenvalue weighted by Gasteiger charge is 2.13. The molecule has 0 atom stereocenters. The molecule has 104 valence electrons. The van der Waals surface area contributed by atoms with Crippen LogP contribution in [0.3, 0.4) is 0 Å². The monoisotopic (exact) mass is 334 g/mol.